The lowest BCUT2D eigenvalue weighted by atomic mass is 10.1. The van der Waals surface area contributed by atoms with Gasteiger partial charge in [-0.25, -0.2) is 0 Å². The Morgan fingerprint density at radius 3 is 2.00 bits per heavy atom. The van der Waals surface area contributed by atoms with E-state index in [0.29, 0.717) is 11.8 Å². The third-order valence-corrected chi connectivity index (χ3v) is 3.64. The van der Waals surface area contributed by atoms with Crippen LogP contribution in [0, 0.1) is 11.8 Å². The first-order valence-electron chi connectivity index (χ1n) is 8.12. The van der Waals surface area contributed by atoms with E-state index in [-0.39, 0.29) is 0 Å². The van der Waals surface area contributed by atoms with Gasteiger partial charge in [0.25, 0.3) is 0 Å². The van der Waals surface area contributed by atoms with E-state index in [1.165, 1.54) is 24.1 Å². The van der Waals surface area contributed by atoms with Crippen LogP contribution in [-0.2, 0) is 6.54 Å². The van der Waals surface area contributed by atoms with Gasteiger partial charge in [0, 0.05) is 31.4 Å². The molecule has 0 heterocycles. The molecule has 0 amide bonds. The minimum Gasteiger partial charge on any atom is -0.371 e. The van der Waals surface area contributed by atoms with Gasteiger partial charge >= 0.3 is 0 Å². The summed E-state index contributed by atoms with van der Waals surface area (Å²) in [5, 5.41) is 3.57. The fraction of sp³-hybridized carbons (Fsp3) is 0.667. The van der Waals surface area contributed by atoms with E-state index in [2.05, 4.69) is 62.2 Å². The first kappa shape index (κ1) is 15.4. The van der Waals surface area contributed by atoms with Crippen LogP contribution in [0.3, 0.4) is 0 Å². The Morgan fingerprint density at radius 2 is 1.55 bits per heavy atom. The van der Waals surface area contributed by atoms with E-state index < -0.39 is 0 Å². The molecule has 0 bridgehead atoms. The molecule has 1 fully saturated rings. The van der Waals surface area contributed by atoms with Crippen LogP contribution in [-0.4, -0.2) is 19.1 Å². The first-order chi connectivity index (χ1) is 9.54. The van der Waals surface area contributed by atoms with Crippen molar-refractivity contribution in [1.82, 2.24) is 5.32 Å². The lowest BCUT2D eigenvalue weighted by Crippen LogP contribution is -2.31. The fourth-order valence-electron chi connectivity index (χ4n) is 2.54. The molecule has 0 aliphatic heterocycles. The number of hydrogen-bond donors (Lipinski definition) is 1. The highest BCUT2D eigenvalue weighted by atomic mass is 15.1. The molecule has 0 saturated heterocycles. The maximum atomic E-state index is 3.57. The number of rotatable bonds is 8. The minimum atomic E-state index is 0.699. The Kier molecular flexibility index (Phi) is 5.47. The predicted octanol–water partition coefficient (Wildman–Crippen LogP) is 4.06. The lowest BCUT2D eigenvalue weighted by Gasteiger charge is -2.28. The quantitative estimate of drug-likeness (QED) is 0.769. The number of nitrogens with zero attached hydrogens (tertiary/aromatic N) is 1. The highest BCUT2D eigenvalue weighted by Gasteiger charge is 2.19. The standard InChI is InChI=1S/C18H30N2/c1-14(2)12-20(13-15(3)4)18-9-5-16(6-10-18)11-19-17-7-8-17/h5-6,9-10,14-15,17,19H,7-8,11-13H2,1-4H3. The number of benzene rings is 1. The Bertz CT molecular complexity index is 380. The molecule has 1 aliphatic carbocycles. The molecule has 2 rings (SSSR count). The van der Waals surface area contributed by atoms with Crippen molar-refractivity contribution in [2.45, 2.75) is 53.1 Å². The molecule has 1 N–H and O–H groups in total. The second-order valence-electron chi connectivity index (χ2n) is 7.01. The smallest absolute Gasteiger partial charge is 0.0366 e. The average molecular weight is 274 g/mol. The third kappa shape index (κ3) is 5.16. The van der Waals surface area contributed by atoms with Gasteiger partial charge in [0.1, 0.15) is 0 Å². The number of nitrogens with one attached hydrogen (secondary N) is 1. The number of hydrogen-bond acceptors (Lipinski definition) is 2. The molecule has 1 aromatic carbocycles. The van der Waals surface area contributed by atoms with E-state index in [1.807, 2.05) is 0 Å². The molecule has 112 valence electrons. The van der Waals surface area contributed by atoms with Crippen LogP contribution < -0.4 is 10.2 Å². The van der Waals surface area contributed by atoms with Crippen LogP contribution in [0.15, 0.2) is 24.3 Å². The van der Waals surface area contributed by atoms with Crippen molar-refractivity contribution in [1.29, 1.82) is 0 Å². The first-order valence-corrected chi connectivity index (χ1v) is 8.12. The van der Waals surface area contributed by atoms with Gasteiger partial charge in [0.15, 0.2) is 0 Å². The fourth-order valence-corrected chi connectivity index (χ4v) is 2.54. The van der Waals surface area contributed by atoms with Crippen molar-refractivity contribution in [3.05, 3.63) is 29.8 Å². The highest BCUT2D eigenvalue weighted by molar-refractivity contribution is 5.47. The molecule has 1 saturated carbocycles. The molecule has 0 aromatic heterocycles. The molecule has 0 unspecified atom stereocenters. The summed E-state index contributed by atoms with van der Waals surface area (Å²) in [6.07, 6.45) is 2.71. The van der Waals surface area contributed by atoms with Crippen LogP contribution in [0.25, 0.3) is 0 Å². The maximum absolute atomic E-state index is 3.57. The van der Waals surface area contributed by atoms with Gasteiger partial charge < -0.3 is 10.2 Å². The lowest BCUT2D eigenvalue weighted by molar-refractivity contribution is 0.552. The Morgan fingerprint density at radius 1 is 1.00 bits per heavy atom. The Balaban J connectivity index is 1.96. The van der Waals surface area contributed by atoms with E-state index in [9.17, 15) is 0 Å². The summed E-state index contributed by atoms with van der Waals surface area (Å²) in [4.78, 5) is 2.52. The number of anilines is 1. The monoisotopic (exact) mass is 274 g/mol. The molecule has 1 aromatic rings. The van der Waals surface area contributed by atoms with Crippen molar-refractivity contribution in [2.24, 2.45) is 11.8 Å². The largest absolute Gasteiger partial charge is 0.371 e. The van der Waals surface area contributed by atoms with Gasteiger partial charge in [-0.1, -0.05) is 39.8 Å². The van der Waals surface area contributed by atoms with Crippen LogP contribution >= 0.6 is 0 Å². The van der Waals surface area contributed by atoms with Crippen molar-refractivity contribution >= 4 is 5.69 Å². The zero-order valence-corrected chi connectivity index (χ0v) is 13.5. The van der Waals surface area contributed by atoms with Gasteiger partial charge in [-0.3, -0.25) is 0 Å². The van der Waals surface area contributed by atoms with Crippen molar-refractivity contribution in [3.63, 3.8) is 0 Å². The molecular formula is C18H30N2. The topological polar surface area (TPSA) is 15.3 Å². The normalized spacial score (nSPS) is 15.1. The molecule has 20 heavy (non-hydrogen) atoms. The molecule has 1 aliphatic rings. The Labute approximate surface area is 124 Å². The van der Waals surface area contributed by atoms with E-state index >= 15 is 0 Å². The van der Waals surface area contributed by atoms with Gasteiger partial charge in [-0.15, -0.1) is 0 Å². The molecular weight excluding hydrogens is 244 g/mol. The summed E-state index contributed by atoms with van der Waals surface area (Å²) >= 11 is 0. The summed E-state index contributed by atoms with van der Waals surface area (Å²) in [6.45, 7) is 12.5. The molecule has 0 radical (unpaired) electrons. The predicted molar refractivity (Wildman–Crippen MR) is 88.2 cm³/mol. The van der Waals surface area contributed by atoms with Crippen LogP contribution in [0.4, 0.5) is 5.69 Å². The minimum absolute atomic E-state index is 0.699. The second kappa shape index (κ2) is 7.12. The van der Waals surface area contributed by atoms with E-state index in [1.54, 1.807) is 0 Å². The highest BCUT2D eigenvalue weighted by Crippen LogP contribution is 2.21. The van der Waals surface area contributed by atoms with Crippen molar-refractivity contribution in [3.8, 4) is 0 Å². The van der Waals surface area contributed by atoms with Gasteiger partial charge in [-0.05, 0) is 42.4 Å². The SMILES string of the molecule is CC(C)CN(CC(C)C)c1ccc(CNC2CC2)cc1. The molecule has 0 atom stereocenters. The molecule has 2 nitrogen and oxygen atoms in total. The van der Waals surface area contributed by atoms with Crippen molar-refractivity contribution in [2.75, 3.05) is 18.0 Å². The third-order valence-electron chi connectivity index (χ3n) is 3.64. The Hall–Kier alpha value is -1.02. The summed E-state index contributed by atoms with van der Waals surface area (Å²) < 4.78 is 0. The molecule has 2 heteroatoms. The maximum Gasteiger partial charge on any atom is 0.0366 e. The van der Waals surface area contributed by atoms with E-state index in [0.717, 1.165) is 25.7 Å². The van der Waals surface area contributed by atoms with Gasteiger partial charge in [-0.2, -0.15) is 0 Å². The average Bonchev–Trinajstić information content (AvgIpc) is 3.19. The van der Waals surface area contributed by atoms with Crippen LogP contribution in [0.5, 0.6) is 0 Å². The summed E-state index contributed by atoms with van der Waals surface area (Å²) in [5.74, 6) is 1.40. The zero-order valence-electron chi connectivity index (χ0n) is 13.5. The molecule has 0 spiro atoms. The van der Waals surface area contributed by atoms with Crippen LogP contribution in [0.1, 0.15) is 46.1 Å². The van der Waals surface area contributed by atoms with Crippen molar-refractivity contribution < 1.29 is 0 Å². The van der Waals surface area contributed by atoms with Gasteiger partial charge in [0.2, 0.25) is 0 Å². The summed E-state index contributed by atoms with van der Waals surface area (Å²) in [6, 6.07) is 9.91. The zero-order chi connectivity index (χ0) is 14.5. The van der Waals surface area contributed by atoms with Gasteiger partial charge in [0.05, 0.1) is 0 Å². The summed E-state index contributed by atoms with van der Waals surface area (Å²) in [5.41, 5.74) is 2.76. The van der Waals surface area contributed by atoms with Crippen LogP contribution in [0.2, 0.25) is 0 Å². The summed E-state index contributed by atoms with van der Waals surface area (Å²) in [7, 11) is 0. The van der Waals surface area contributed by atoms with E-state index in [4.69, 9.17) is 0 Å². The second-order valence-corrected chi connectivity index (χ2v) is 7.01.